The van der Waals surface area contributed by atoms with Gasteiger partial charge in [-0.2, -0.15) is 0 Å². The summed E-state index contributed by atoms with van der Waals surface area (Å²) in [5.41, 5.74) is 8.65. The maximum atomic E-state index is 12.3. The molecular formula is C35H49N5O12. The Bertz CT molecular complexity index is 1570. The zero-order chi connectivity index (χ0) is 38.7. The van der Waals surface area contributed by atoms with Crippen LogP contribution in [-0.4, -0.2) is 95.9 Å². The number of nitrogens with one attached hydrogen (secondary N) is 3. The first kappa shape index (κ1) is 41.2. The molecule has 0 radical (unpaired) electrons. The summed E-state index contributed by atoms with van der Waals surface area (Å²) in [6.45, 7) is 12.0. The Kier molecular flexibility index (Phi) is 15.0. The molecule has 0 bridgehead atoms. The van der Waals surface area contributed by atoms with Crippen LogP contribution < -0.4 is 21.1 Å². The highest BCUT2D eigenvalue weighted by Crippen LogP contribution is 2.34. The first-order valence-electron chi connectivity index (χ1n) is 16.9. The van der Waals surface area contributed by atoms with E-state index in [0.29, 0.717) is 24.9 Å². The van der Waals surface area contributed by atoms with Crippen molar-refractivity contribution in [1.82, 2.24) is 20.8 Å². The summed E-state index contributed by atoms with van der Waals surface area (Å²) >= 11 is 0. The molecule has 0 aliphatic carbocycles. The smallest absolute Gasteiger partial charge is 0.315 e. The van der Waals surface area contributed by atoms with Gasteiger partial charge < -0.3 is 44.8 Å². The highest BCUT2D eigenvalue weighted by Gasteiger charge is 2.53. The lowest BCUT2D eigenvalue weighted by Crippen LogP contribution is -2.63. The minimum Gasteiger partial charge on any atom is -0.463 e. The van der Waals surface area contributed by atoms with Gasteiger partial charge in [-0.1, -0.05) is 52.0 Å². The molecule has 286 valence electrons. The van der Waals surface area contributed by atoms with Gasteiger partial charge in [-0.3, -0.25) is 29.1 Å². The molecule has 1 fully saturated rings. The van der Waals surface area contributed by atoms with E-state index in [1.54, 1.807) is 13.8 Å². The zero-order valence-electron chi connectivity index (χ0n) is 30.7. The number of esters is 4. The Morgan fingerprint density at radius 1 is 0.846 bits per heavy atom. The summed E-state index contributed by atoms with van der Waals surface area (Å²) in [7, 11) is 0. The fraction of sp³-hybridized carbons (Fsp3) is 0.571. The van der Waals surface area contributed by atoms with Crippen LogP contribution in [0.3, 0.4) is 0 Å². The maximum Gasteiger partial charge on any atom is 0.315 e. The van der Waals surface area contributed by atoms with Crippen LogP contribution >= 0.6 is 0 Å². The Morgan fingerprint density at radius 2 is 1.42 bits per heavy atom. The number of urea groups is 1. The number of carbonyl (C=O) groups is 6. The summed E-state index contributed by atoms with van der Waals surface area (Å²) in [5, 5.41) is 12.7. The lowest BCUT2D eigenvalue weighted by molar-refractivity contribution is -0.289. The topological polar surface area (TPSA) is 237 Å². The van der Waals surface area contributed by atoms with Crippen molar-refractivity contribution in [3.8, 4) is 5.88 Å². The van der Waals surface area contributed by atoms with E-state index in [1.807, 2.05) is 38.1 Å². The second-order valence-corrected chi connectivity index (χ2v) is 13.0. The predicted molar refractivity (Wildman–Crippen MR) is 183 cm³/mol. The molecule has 0 spiro atoms. The third kappa shape index (κ3) is 12.0. The van der Waals surface area contributed by atoms with Crippen LogP contribution in [0.1, 0.15) is 83.7 Å². The Labute approximate surface area is 301 Å². The fourth-order valence-electron chi connectivity index (χ4n) is 5.61. The number of hydrogen-bond donors (Lipinski definition) is 4. The van der Waals surface area contributed by atoms with Gasteiger partial charge in [-0.05, 0) is 29.4 Å². The van der Waals surface area contributed by atoms with Gasteiger partial charge in [0.05, 0.1) is 0 Å². The Hall–Kier alpha value is -5.19. The third-order valence-corrected chi connectivity index (χ3v) is 7.98. The van der Waals surface area contributed by atoms with Crippen molar-refractivity contribution in [1.29, 1.82) is 0 Å². The molecule has 3 amide bonds. The van der Waals surface area contributed by atoms with E-state index < -0.39 is 79.2 Å². The molecule has 5 N–H and O–H groups in total. The van der Waals surface area contributed by atoms with Crippen LogP contribution in [0.5, 0.6) is 5.88 Å². The number of aromatic amines is 1. The Balaban J connectivity index is 1.85. The van der Waals surface area contributed by atoms with Gasteiger partial charge in [0, 0.05) is 51.9 Å². The highest BCUT2D eigenvalue weighted by atomic mass is 16.7. The van der Waals surface area contributed by atoms with Crippen molar-refractivity contribution in [2.24, 2.45) is 11.7 Å². The van der Waals surface area contributed by atoms with Crippen molar-refractivity contribution < 1.29 is 57.2 Å². The molecule has 1 aliphatic rings. The van der Waals surface area contributed by atoms with Gasteiger partial charge in [0.25, 0.3) is 0 Å². The maximum absolute atomic E-state index is 12.3. The van der Waals surface area contributed by atoms with Gasteiger partial charge >= 0.3 is 29.9 Å². The number of H-pyrrole nitrogens is 1. The minimum atomic E-state index is -1.45. The van der Waals surface area contributed by atoms with Crippen molar-refractivity contribution in [2.45, 2.75) is 111 Å². The summed E-state index contributed by atoms with van der Waals surface area (Å²) in [6.07, 6.45) is -5.91. The molecule has 3 rings (SSSR count). The van der Waals surface area contributed by atoms with Crippen LogP contribution in [0.4, 0.5) is 4.79 Å². The lowest BCUT2D eigenvalue weighted by atomic mass is 9.97. The molecule has 1 aromatic carbocycles. The van der Waals surface area contributed by atoms with Gasteiger partial charge in [-0.15, -0.1) is 5.10 Å². The van der Waals surface area contributed by atoms with Gasteiger partial charge in [0.15, 0.2) is 12.2 Å². The molecule has 2 heterocycles. The average molecular weight is 732 g/mol. The molecule has 1 aliphatic heterocycles. The van der Waals surface area contributed by atoms with Gasteiger partial charge in [0.1, 0.15) is 18.8 Å². The zero-order valence-corrected chi connectivity index (χ0v) is 30.7. The highest BCUT2D eigenvalue weighted by molar-refractivity contribution is 5.86. The molecule has 1 saturated heterocycles. The fourth-order valence-corrected chi connectivity index (χ4v) is 5.61. The van der Waals surface area contributed by atoms with Crippen LogP contribution in [-0.2, 0) is 60.5 Å². The lowest BCUT2D eigenvalue weighted by Gasteiger charge is -2.43. The Morgan fingerprint density at radius 3 is 1.96 bits per heavy atom. The summed E-state index contributed by atoms with van der Waals surface area (Å²) < 4.78 is 34.0. The van der Waals surface area contributed by atoms with E-state index in [1.165, 1.54) is 6.92 Å². The van der Waals surface area contributed by atoms with Gasteiger partial charge in [-0.25, -0.2) is 4.79 Å². The number of benzene rings is 1. The van der Waals surface area contributed by atoms with E-state index in [-0.39, 0.29) is 17.7 Å². The van der Waals surface area contributed by atoms with E-state index in [0.717, 1.165) is 37.6 Å². The van der Waals surface area contributed by atoms with E-state index in [9.17, 15) is 28.8 Å². The molecule has 17 nitrogen and oxygen atoms in total. The second kappa shape index (κ2) is 18.9. The quantitative estimate of drug-likeness (QED) is 0.143. The van der Waals surface area contributed by atoms with Crippen molar-refractivity contribution in [2.75, 3.05) is 13.2 Å². The molecule has 6 atom stereocenters. The van der Waals surface area contributed by atoms with E-state index in [2.05, 4.69) is 20.8 Å². The molecule has 1 aromatic heterocycles. The summed E-state index contributed by atoms with van der Waals surface area (Å²) in [6, 6.07) is 6.42. The number of rotatable bonds is 16. The van der Waals surface area contributed by atoms with Crippen molar-refractivity contribution in [3.05, 3.63) is 46.6 Å². The number of nitrogens with two attached hydrogens (primary N) is 1. The monoisotopic (exact) mass is 731 g/mol. The number of aromatic nitrogens is 2. The van der Waals surface area contributed by atoms with Crippen molar-refractivity contribution in [3.63, 3.8) is 0 Å². The molecule has 0 saturated carbocycles. The first-order chi connectivity index (χ1) is 24.5. The molecule has 17 heteroatoms. The number of ether oxygens (including phenoxy) is 6. The SMILES string of the molecule is CC(=O)OC[C@H]1O[C@@H](Oc2n[nH]c(C(C)C)c2Cc2ccc(CCNC(=O)N[C@H](C(N)=O)C(C)C)cc2)[C@H](OC(C)=O)[C@@H](OC(C)=O)[C@@H]1OC(C)=O. The summed E-state index contributed by atoms with van der Waals surface area (Å²) in [4.78, 5) is 72.1. The van der Waals surface area contributed by atoms with Crippen molar-refractivity contribution >= 4 is 35.8 Å². The molecule has 52 heavy (non-hydrogen) atoms. The van der Waals surface area contributed by atoms with Crippen LogP contribution in [0.25, 0.3) is 0 Å². The number of hydrogen-bond acceptors (Lipinski definition) is 13. The van der Waals surface area contributed by atoms with E-state index >= 15 is 0 Å². The normalized spacial score (nSPS) is 20.4. The standard InChI is InChI=1S/C35H49N5O12/c1-17(2)27-25(15-24-11-9-23(10-12-24)13-14-37-35(46)38-28(18(3)4)32(36)45)33(40-39-27)52-34-31(50-22(8)44)30(49-21(7)43)29(48-20(6)42)26(51-34)16-47-19(5)41/h9-12,17-18,26,28-31,34H,13-16H2,1-8H3,(H2,36,45)(H,39,40)(H2,37,38,46)/t26-,28+,29-,30+,31-,34+/m1/s1. The largest absolute Gasteiger partial charge is 0.463 e. The molecule has 2 aromatic rings. The number of primary amides is 1. The number of carbonyl (C=O) groups excluding carboxylic acids is 6. The third-order valence-electron chi connectivity index (χ3n) is 7.98. The van der Waals surface area contributed by atoms with Crippen LogP contribution in [0.2, 0.25) is 0 Å². The predicted octanol–water partition coefficient (Wildman–Crippen LogP) is 1.94. The van der Waals surface area contributed by atoms with Crippen LogP contribution in [0, 0.1) is 5.92 Å². The summed E-state index contributed by atoms with van der Waals surface area (Å²) in [5.74, 6) is -3.58. The number of amides is 3. The molecule has 0 unspecified atom stereocenters. The second-order valence-electron chi connectivity index (χ2n) is 13.0. The van der Waals surface area contributed by atoms with E-state index in [4.69, 9.17) is 34.2 Å². The molecular weight excluding hydrogens is 682 g/mol. The first-order valence-corrected chi connectivity index (χ1v) is 16.9. The van der Waals surface area contributed by atoms with Crippen LogP contribution in [0.15, 0.2) is 24.3 Å². The minimum absolute atomic E-state index is 0.0170. The van der Waals surface area contributed by atoms with Gasteiger partial charge in [0.2, 0.25) is 24.2 Å². The number of nitrogens with zero attached hydrogens (tertiary/aromatic N) is 1. The average Bonchev–Trinajstić information content (AvgIpc) is 3.43.